The number of aromatic amines is 1. The zero-order valence-corrected chi connectivity index (χ0v) is 8.81. The van der Waals surface area contributed by atoms with Gasteiger partial charge in [0.15, 0.2) is 0 Å². The molecule has 2 aromatic heterocycles. The normalized spacial score (nSPS) is 10.4. The maximum absolute atomic E-state index is 5.14. The first-order valence-corrected chi connectivity index (χ1v) is 4.69. The molecule has 0 amide bonds. The summed E-state index contributed by atoms with van der Waals surface area (Å²) in [7, 11) is 0. The van der Waals surface area contributed by atoms with Crippen molar-refractivity contribution in [2.75, 3.05) is 0 Å². The third kappa shape index (κ3) is 1.48. The number of furan rings is 1. The zero-order chi connectivity index (χ0) is 10.1. The SMILES string of the molecule is Cc1[nH]c(-c2ccoc2)nc(=S)c1C. The summed E-state index contributed by atoms with van der Waals surface area (Å²) in [6, 6.07) is 1.85. The Morgan fingerprint density at radius 3 is 2.79 bits per heavy atom. The van der Waals surface area contributed by atoms with Crippen LogP contribution in [0.25, 0.3) is 11.4 Å². The van der Waals surface area contributed by atoms with Crippen LogP contribution < -0.4 is 0 Å². The van der Waals surface area contributed by atoms with Crippen molar-refractivity contribution < 1.29 is 4.42 Å². The third-order valence-electron chi connectivity index (χ3n) is 2.20. The number of aromatic nitrogens is 2. The average molecular weight is 206 g/mol. The Hall–Kier alpha value is -1.42. The minimum Gasteiger partial charge on any atom is -0.472 e. The first-order valence-electron chi connectivity index (χ1n) is 4.28. The van der Waals surface area contributed by atoms with Crippen LogP contribution in [0.3, 0.4) is 0 Å². The highest BCUT2D eigenvalue weighted by atomic mass is 32.1. The van der Waals surface area contributed by atoms with Gasteiger partial charge in [-0.2, -0.15) is 0 Å². The first kappa shape index (κ1) is 9.15. The summed E-state index contributed by atoms with van der Waals surface area (Å²) < 4.78 is 5.62. The quantitative estimate of drug-likeness (QED) is 0.729. The molecule has 0 unspecified atom stereocenters. The van der Waals surface area contributed by atoms with Gasteiger partial charge in [-0.05, 0) is 19.9 Å². The maximum Gasteiger partial charge on any atom is 0.142 e. The van der Waals surface area contributed by atoms with Crippen LogP contribution in [0, 0.1) is 18.5 Å². The van der Waals surface area contributed by atoms with Crippen LogP contribution in [0.15, 0.2) is 23.0 Å². The molecule has 72 valence electrons. The smallest absolute Gasteiger partial charge is 0.142 e. The minimum absolute atomic E-state index is 0.637. The van der Waals surface area contributed by atoms with Crippen molar-refractivity contribution >= 4 is 12.2 Å². The molecular weight excluding hydrogens is 196 g/mol. The molecule has 4 heteroatoms. The van der Waals surface area contributed by atoms with E-state index in [1.165, 1.54) is 0 Å². The van der Waals surface area contributed by atoms with E-state index in [1.807, 2.05) is 19.9 Å². The van der Waals surface area contributed by atoms with Crippen LogP contribution in [-0.2, 0) is 0 Å². The number of rotatable bonds is 1. The fraction of sp³-hybridized carbons (Fsp3) is 0.200. The predicted octanol–water partition coefficient (Wildman–Crippen LogP) is 3.02. The topological polar surface area (TPSA) is 41.8 Å². The number of hydrogen-bond acceptors (Lipinski definition) is 3. The molecule has 0 aromatic carbocycles. The Kier molecular flexibility index (Phi) is 2.21. The highest BCUT2D eigenvalue weighted by Crippen LogP contribution is 2.16. The van der Waals surface area contributed by atoms with Gasteiger partial charge in [0.1, 0.15) is 16.7 Å². The largest absolute Gasteiger partial charge is 0.472 e. The molecule has 1 N–H and O–H groups in total. The monoisotopic (exact) mass is 206 g/mol. The standard InChI is InChI=1S/C10H10N2OS/c1-6-7(2)11-9(12-10(6)14)8-3-4-13-5-8/h3-5H,1-2H3,(H,11,12,14). The van der Waals surface area contributed by atoms with Crippen LogP contribution in [-0.4, -0.2) is 9.97 Å². The summed E-state index contributed by atoms with van der Waals surface area (Å²) in [5, 5.41) is 0. The van der Waals surface area contributed by atoms with Crippen molar-refractivity contribution in [3.8, 4) is 11.4 Å². The molecule has 0 aliphatic carbocycles. The molecule has 0 saturated heterocycles. The van der Waals surface area contributed by atoms with Crippen molar-refractivity contribution in [3.05, 3.63) is 34.5 Å². The maximum atomic E-state index is 5.14. The lowest BCUT2D eigenvalue weighted by atomic mass is 10.2. The number of hydrogen-bond donors (Lipinski definition) is 1. The molecule has 14 heavy (non-hydrogen) atoms. The van der Waals surface area contributed by atoms with Crippen LogP contribution in [0.1, 0.15) is 11.3 Å². The molecule has 2 aromatic rings. The van der Waals surface area contributed by atoms with Crippen molar-refractivity contribution in [1.82, 2.24) is 9.97 Å². The number of nitrogens with zero attached hydrogens (tertiary/aromatic N) is 1. The second-order valence-corrected chi connectivity index (χ2v) is 3.54. The molecule has 2 heterocycles. The molecule has 0 bridgehead atoms. The number of nitrogens with one attached hydrogen (secondary N) is 1. The molecule has 2 rings (SSSR count). The molecule has 0 spiro atoms. The summed E-state index contributed by atoms with van der Waals surface area (Å²) in [4.78, 5) is 7.46. The van der Waals surface area contributed by atoms with Crippen LogP contribution in [0.5, 0.6) is 0 Å². The van der Waals surface area contributed by atoms with E-state index in [-0.39, 0.29) is 0 Å². The van der Waals surface area contributed by atoms with Crippen LogP contribution >= 0.6 is 12.2 Å². The second kappa shape index (κ2) is 3.38. The molecule has 0 aliphatic rings. The average Bonchev–Trinajstić information content (AvgIpc) is 2.66. The van der Waals surface area contributed by atoms with E-state index in [1.54, 1.807) is 12.5 Å². The highest BCUT2D eigenvalue weighted by molar-refractivity contribution is 7.71. The van der Waals surface area contributed by atoms with E-state index in [0.717, 1.165) is 22.6 Å². The lowest BCUT2D eigenvalue weighted by Gasteiger charge is -2.03. The number of aryl methyl sites for hydroxylation is 1. The van der Waals surface area contributed by atoms with Crippen molar-refractivity contribution in [2.24, 2.45) is 0 Å². The van der Waals surface area contributed by atoms with E-state index >= 15 is 0 Å². The lowest BCUT2D eigenvalue weighted by molar-refractivity contribution is 0.568. The second-order valence-electron chi connectivity index (χ2n) is 3.15. The predicted molar refractivity (Wildman–Crippen MR) is 56.6 cm³/mol. The summed E-state index contributed by atoms with van der Waals surface area (Å²) in [6.45, 7) is 3.94. The molecule has 0 radical (unpaired) electrons. The molecule has 3 nitrogen and oxygen atoms in total. The third-order valence-corrected chi connectivity index (χ3v) is 2.59. The molecule has 0 aliphatic heterocycles. The fourth-order valence-corrected chi connectivity index (χ4v) is 1.43. The van der Waals surface area contributed by atoms with Crippen molar-refractivity contribution in [2.45, 2.75) is 13.8 Å². The van der Waals surface area contributed by atoms with Crippen LogP contribution in [0.4, 0.5) is 0 Å². The van der Waals surface area contributed by atoms with Gasteiger partial charge in [0, 0.05) is 11.3 Å². The van der Waals surface area contributed by atoms with E-state index in [2.05, 4.69) is 9.97 Å². The Morgan fingerprint density at radius 2 is 2.21 bits per heavy atom. The zero-order valence-electron chi connectivity index (χ0n) is 8.00. The molecular formula is C10H10N2OS. The van der Waals surface area contributed by atoms with E-state index in [4.69, 9.17) is 16.6 Å². The Labute approximate surface area is 86.8 Å². The highest BCUT2D eigenvalue weighted by Gasteiger charge is 2.04. The minimum atomic E-state index is 0.637. The van der Waals surface area contributed by atoms with Gasteiger partial charge < -0.3 is 9.40 Å². The van der Waals surface area contributed by atoms with Crippen molar-refractivity contribution in [1.29, 1.82) is 0 Å². The van der Waals surface area contributed by atoms with Gasteiger partial charge in [-0.3, -0.25) is 0 Å². The Morgan fingerprint density at radius 1 is 1.43 bits per heavy atom. The first-order chi connectivity index (χ1) is 6.68. The fourth-order valence-electron chi connectivity index (χ4n) is 1.18. The van der Waals surface area contributed by atoms with Gasteiger partial charge in [0.05, 0.1) is 11.8 Å². The van der Waals surface area contributed by atoms with Crippen molar-refractivity contribution in [3.63, 3.8) is 0 Å². The van der Waals surface area contributed by atoms with Gasteiger partial charge in [-0.15, -0.1) is 0 Å². The van der Waals surface area contributed by atoms with Gasteiger partial charge in [-0.1, -0.05) is 12.2 Å². The summed E-state index contributed by atoms with van der Waals surface area (Å²) >= 11 is 5.14. The summed E-state index contributed by atoms with van der Waals surface area (Å²) in [5.74, 6) is 0.756. The summed E-state index contributed by atoms with van der Waals surface area (Å²) in [5.41, 5.74) is 2.98. The molecule has 0 saturated carbocycles. The van der Waals surface area contributed by atoms with Gasteiger partial charge >= 0.3 is 0 Å². The van der Waals surface area contributed by atoms with Gasteiger partial charge in [-0.25, -0.2) is 4.98 Å². The van der Waals surface area contributed by atoms with Crippen LogP contribution in [0.2, 0.25) is 0 Å². The van der Waals surface area contributed by atoms with E-state index < -0.39 is 0 Å². The lowest BCUT2D eigenvalue weighted by Crippen LogP contribution is -1.95. The number of H-pyrrole nitrogens is 1. The Bertz CT molecular complexity index is 499. The molecule has 0 atom stereocenters. The molecule has 0 fully saturated rings. The Balaban J connectivity index is 2.63. The van der Waals surface area contributed by atoms with E-state index in [9.17, 15) is 0 Å². The van der Waals surface area contributed by atoms with Gasteiger partial charge in [0.25, 0.3) is 0 Å². The summed E-state index contributed by atoms with van der Waals surface area (Å²) in [6.07, 6.45) is 3.26. The van der Waals surface area contributed by atoms with Gasteiger partial charge in [0.2, 0.25) is 0 Å². The van der Waals surface area contributed by atoms with E-state index in [0.29, 0.717) is 4.64 Å².